The monoisotopic (exact) mass is 698 g/mol. The molecule has 0 aliphatic carbocycles. The van der Waals surface area contributed by atoms with Gasteiger partial charge < -0.3 is 40.0 Å². The molecule has 2 aromatic rings. The average molecular weight is 699 g/mol. The van der Waals surface area contributed by atoms with Crippen LogP contribution in [-0.4, -0.2) is 112 Å². The number of aromatic nitrogens is 2. The number of hydrogen-bond acceptors (Lipinski definition) is 10. The van der Waals surface area contributed by atoms with Crippen molar-refractivity contribution >= 4 is 29.9 Å². The number of benzene rings is 1. The van der Waals surface area contributed by atoms with Crippen molar-refractivity contribution in [2.75, 3.05) is 51.2 Å². The van der Waals surface area contributed by atoms with Gasteiger partial charge >= 0.3 is 23.9 Å². The highest BCUT2D eigenvalue weighted by atomic mass is 16.6. The number of ether oxygens (including phenoxy) is 3. The number of carbonyl (C=O) groups excluding carboxylic acids is 4. The Labute approximate surface area is 292 Å². The van der Waals surface area contributed by atoms with Crippen molar-refractivity contribution < 1.29 is 33.4 Å². The Morgan fingerprint density at radius 1 is 0.880 bits per heavy atom. The van der Waals surface area contributed by atoms with Gasteiger partial charge in [-0.15, -0.1) is 0 Å². The minimum atomic E-state index is -1.20. The Morgan fingerprint density at radius 3 is 2.04 bits per heavy atom. The fraction of sp³-hybridized carbons (Fsp3) is 0.588. The van der Waals surface area contributed by atoms with Gasteiger partial charge in [-0.1, -0.05) is 12.1 Å². The summed E-state index contributed by atoms with van der Waals surface area (Å²) in [4.78, 5) is 70.3. The van der Waals surface area contributed by atoms with E-state index in [0.29, 0.717) is 25.4 Å². The number of rotatable bonds is 7. The maximum Gasteiger partial charge on any atom is 0.408 e. The van der Waals surface area contributed by atoms with E-state index in [1.54, 1.807) is 84.7 Å². The normalized spacial score (nSPS) is 18.6. The largest absolute Gasteiger partial charge is 0.444 e. The molecule has 4 N–H and O–H groups in total. The lowest BCUT2D eigenvalue weighted by Gasteiger charge is -2.38. The minimum absolute atomic E-state index is 0.0605. The number of nitrogens with one attached hydrogen (secondary N) is 4. The summed E-state index contributed by atoms with van der Waals surface area (Å²) in [6.07, 6.45) is 0.178. The number of anilines is 1. The second-order valence-corrected chi connectivity index (χ2v) is 14.8. The second kappa shape index (κ2) is 15.5. The molecular weight excluding hydrogens is 648 g/mol. The van der Waals surface area contributed by atoms with Gasteiger partial charge in [-0.2, -0.15) is 4.98 Å². The number of piperazine rings is 1. The van der Waals surface area contributed by atoms with Crippen LogP contribution >= 0.6 is 0 Å². The molecule has 2 aliphatic heterocycles. The zero-order chi connectivity index (χ0) is 36.9. The van der Waals surface area contributed by atoms with E-state index in [4.69, 9.17) is 14.2 Å². The third-order valence-corrected chi connectivity index (χ3v) is 7.78. The van der Waals surface area contributed by atoms with Crippen LogP contribution in [0.3, 0.4) is 0 Å². The van der Waals surface area contributed by atoms with E-state index < -0.39 is 40.6 Å². The predicted octanol–water partition coefficient (Wildman–Crippen LogP) is 2.77. The van der Waals surface area contributed by atoms with Crippen LogP contribution in [0.4, 0.5) is 20.2 Å². The number of hydrogen-bond donors (Lipinski definition) is 4. The van der Waals surface area contributed by atoms with Crippen LogP contribution in [0, 0.1) is 0 Å². The van der Waals surface area contributed by atoms with E-state index in [1.165, 1.54) is 9.47 Å². The van der Waals surface area contributed by atoms with Gasteiger partial charge in [0.2, 0.25) is 5.91 Å². The van der Waals surface area contributed by atoms with Gasteiger partial charge in [0.05, 0.1) is 24.4 Å². The van der Waals surface area contributed by atoms with E-state index in [-0.39, 0.29) is 50.0 Å². The van der Waals surface area contributed by atoms with Crippen LogP contribution < -0.4 is 27.0 Å². The molecule has 4 rings (SSSR count). The van der Waals surface area contributed by atoms with Gasteiger partial charge in [-0.05, 0) is 79.2 Å². The fourth-order valence-electron chi connectivity index (χ4n) is 5.33. The molecule has 1 aromatic carbocycles. The van der Waals surface area contributed by atoms with Gasteiger partial charge in [0.1, 0.15) is 22.6 Å². The van der Waals surface area contributed by atoms with E-state index in [2.05, 4.69) is 26.3 Å². The smallest absolute Gasteiger partial charge is 0.408 e. The standard InChI is InChI=1S/C34H50N8O8/c1-32(2,3)49-30(46)36-20-24-19-35-25(21-48-24)22-9-11-23(12-10-22)42-14-13-26(38-29(42)45)37-28(44)41-17-15-40(16-18-41)27(43)34(7,8)39-31(47)50-33(4,5)6/h9-14,24-25,35H,15-21H2,1-8H3,(H,36,46)(H,39,47)(H,37,38,44,45)/t24-,25?/m1/s1. The summed E-state index contributed by atoms with van der Waals surface area (Å²) in [5.41, 5.74) is -1.46. The minimum Gasteiger partial charge on any atom is -0.444 e. The summed E-state index contributed by atoms with van der Waals surface area (Å²) >= 11 is 0. The van der Waals surface area contributed by atoms with Crippen molar-refractivity contribution in [3.05, 3.63) is 52.6 Å². The Hall–Kier alpha value is -4.70. The SMILES string of the molecule is CC(C)(C)OC(=O)NC[C@H]1CNC(c2ccc(-n3ccc(NC(=O)N4CCN(C(=O)C(C)(C)NC(=O)OC(C)(C)C)CC4)nc3=O)cc2)CO1. The highest BCUT2D eigenvalue weighted by Crippen LogP contribution is 2.20. The molecule has 16 nitrogen and oxygen atoms in total. The third-order valence-electron chi connectivity index (χ3n) is 7.78. The zero-order valence-corrected chi connectivity index (χ0v) is 30.1. The van der Waals surface area contributed by atoms with Crippen molar-refractivity contribution in [2.45, 2.75) is 84.3 Å². The predicted molar refractivity (Wildman–Crippen MR) is 185 cm³/mol. The van der Waals surface area contributed by atoms with Crippen LogP contribution in [0.1, 0.15) is 67.0 Å². The van der Waals surface area contributed by atoms with Gasteiger partial charge in [-0.25, -0.2) is 19.2 Å². The first-order valence-corrected chi connectivity index (χ1v) is 16.7. The lowest BCUT2D eigenvalue weighted by molar-refractivity contribution is -0.138. The summed E-state index contributed by atoms with van der Waals surface area (Å²) in [7, 11) is 0. The molecule has 2 fully saturated rings. The molecule has 0 spiro atoms. The van der Waals surface area contributed by atoms with Crippen molar-refractivity contribution in [1.82, 2.24) is 35.3 Å². The molecule has 1 aromatic heterocycles. The molecular formula is C34H50N8O8. The Kier molecular flexibility index (Phi) is 11.8. The van der Waals surface area contributed by atoms with Gasteiger partial charge in [-0.3, -0.25) is 14.7 Å². The highest BCUT2D eigenvalue weighted by Gasteiger charge is 2.37. The first kappa shape index (κ1) is 38.1. The van der Waals surface area contributed by atoms with E-state index in [9.17, 15) is 24.0 Å². The molecule has 5 amide bonds. The Bertz CT molecular complexity index is 1580. The summed E-state index contributed by atoms with van der Waals surface area (Å²) in [6, 6.07) is 8.45. The molecule has 1 unspecified atom stereocenters. The van der Waals surface area contributed by atoms with E-state index >= 15 is 0 Å². The first-order valence-electron chi connectivity index (χ1n) is 16.7. The van der Waals surface area contributed by atoms with Gasteiger partial charge in [0.25, 0.3) is 0 Å². The lowest BCUT2D eigenvalue weighted by Crippen LogP contribution is -2.60. The summed E-state index contributed by atoms with van der Waals surface area (Å²) < 4.78 is 17.8. The van der Waals surface area contributed by atoms with Crippen LogP contribution in [0.2, 0.25) is 0 Å². The number of carbonyl (C=O) groups is 4. The Balaban J connectivity index is 1.24. The Morgan fingerprint density at radius 2 is 1.48 bits per heavy atom. The zero-order valence-electron chi connectivity index (χ0n) is 30.1. The summed E-state index contributed by atoms with van der Waals surface area (Å²) in [5, 5.41) is 11.4. The number of alkyl carbamates (subject to hydrolysis) is 2. The summed E-state index contributed by atoms with van der Waals surface area (Å²) in [6.45, 7) is 16.2. The first-order chi connectivity index (χ1) is 23.3. The van der Waals surface area contributed by atoms with Crippen LogP contribution in [0.25, 0.3) is 5.69 Å². The number of urea groups is 1. The molecule has 274 valence electrons. The molecule has 3 heterocycles. The third kappa shape index (κ3) is 10.9. The molecule has 2 atom stereocenters. The van der Waals surface area contributed by atoms with Crippen LogP contribution in [0.5, 0.6) is 0 Å². The number of amides is 5. The van der Waals surface area contributed by atoms with Crippen molar-refractivity contribution in [2.24, 2.45) is 0 Å². The molecule has 2 saturated heterocycles. The molecule has 16 heteroatoms. The molecule has 0 radical (unpaired) electrons. The highest BCUT2D eigenvalue weighted by molar-refractivity contribution is 5.90. The average Bonchev–Trinajstić information content (AvgIpc) is 3.02. The molecule has 2 aliphatic rings. The van der Waals surface area contributed by atoms with E-state index in [1.807, 2.05) is 12.1 Å². The van der Waals surface area contributed by atoms with Crippen molar-refractivity contribution in [3.8, 4) is 5.69 Å². The molecule has 50 heavy (non-hydrogen) atoms. The summed E-state index contributed by atoms with van der Waals surface area (Å²) in [5.74, 6) is -0.184. The van der Waals surface area contributed by atoms with Crippen LogP contribution in [0.15, 0.2) is 41.3 Å². The fourth-order valence-corrected chi connectivity index (χ4v) is 5.33. The van der Waals surface area contributed by atoms with E-state index in [0.717, 1.165) is 5.56 Å². The molecule has 0 bridgehead atoms. The van der Waals surface area contributed by atoms with Gasteiger partial charge in [0.15, 0.2) is 0 Å². The lowest BCUT2D eigenvalue weighted by atomic mass is 10.0. The van der Waals surface area contributed by atoms with Crippen molar-refractivity contribution in [1.29, 1.82) is 0 Å². The maximum absolute atomic E-state index is 13.1. The second-order valence-electron chi connectivity index (χ2n) is 14.8. The maximum atomic E-state index is 13.1. The topological polar surface area (TPSA) is 185 Å². The quantitative estimate of drug-likeness (QED) is 0.335. The number of nitrogens with zero attached hydrogens (tertiary/aromatic N) is 4. The number of morpholine rings is 1. The molecule has 0 saturated carbocycles. The van der Waals surface area contributed by atoms with Crippen molar-refractivity contribution in [3.63, 3.8) is 0 Å². The van der Waals surface area contributed by atoms with Gasteiger partial charge in [0, 0.05) is 45.5 Å². The van der Waals surface area contributed by atoms with Crippen LogP contribution in [-0.2, 0) is 19.0 Å².